The van der Waals surface area contributed by atoms with E-state index in [1.165, 1.54) is 44.9 Å². The fraction of sp³-hybridized carbons (Fsp3) is 1.00. The Balaban J connectivity index is 2.83. The minimum atomic E-state index is 0.567. The lowest BCUT2D eigenvalue weighted by atomic mass is 10.1. The lowest BCUT2D eigenvalue weighted by Gasteiger charge is -2.04. The van der Waals surface area contributed by atoms with E-state index in [-0.39, 0.29) is 0 Å². The highest BCUT2D eigenvalue weighted by molar-refractivity contribution is 6.17. The Morgan fingerprint density at radius 1 is 0.688 bits per heavy atom. The van der Waals surface area contributed by atoms with Gasteiger partial charge in [-0.15, -0.1) is 11.6 Å². The second-order valence-corrected chi connectivity index (χ2v) is 4.41. The van der Waals surface area contributed by atoms with Crippen molar-refractivity contribution in [2.24, 2.45) is 0 Å². The second kappa shape index (κ2) is 15.2. The Bertz CT molecular complexity index is 107. The first kappa shape index (κ1) is 16.2. The first-order chi connectivity index (χ1) is 7.91. The van der Waals surface area contributed by atoms with Crippen LogP contribution in [0.5, 0.6) is 0 Å². The van der Waals surface area contributed by atoms with Gasteiger partial charge in [0.1, 0.15) is 0 Å². The third-order valence-corrected chi connectivity index (χ3v) is 2.64. The second-order valence-electron chi connectivity index (χ2n) is 4.04. The van der Waals surface area contributed by atoms with Crippen LogP contribution in [0.4, 0.5) is 0 Å². The first-order valence-corrected chi connectivity index (χ1v) is 7.16. The van der Waals surface area contributed by atoms with Gasteiger partial charge in [-0.2, -0.15) is 0 Å². The van der Waals surface area contributed by atoms with Gasteiger partial charge < -0.3 is 9.47 Å². The van der Waals surface area contributed by atoms with Crippen molar-refractivity contribution in [1.29, 1.82) is 0 Å². The zero-order valence-corrected chi connectivity index (χ0v) is 11.4. The van der Waals surface area contributed by atoms with Crippen molar-refractivity contribution in [3.05, 3.63) is 0 Å². The van der Waals surface area contributed by atoms with Gasteiger partial charge in [0.15, 0.2) is 0 Å². The zero-order chi connectivity index (χ0) is 11.9. The summed E-state index contributed by atoms with van der Waals surface area (Å²) in [5, 5.41) is 0. The van der Waals surface area contributed by atoms with Crippen molar-refractivity contribution in [2.75, 3.05) is 32.3 Å². The molecule has 0 saturated carbocycles. The molecule has 0 aliphatic carbocycles. The Labute approximate surface area is 106 Å². The smallest absolute Gasteiger partial charge is 0.0701 e. The summed E-state index contributed by atoms with van der Waals surface area (Å²) >= 11 is 5.47. The highest BCUT2D eigenvalue weighted by Gasteiger charge is 1.92. The molecule has 98 valence electrons. The lowest BCUT2D eigenvalue weighted by molar-refractivity contribution is 0.0519. The summed E-state index contributed by atoms with van der Waals surface area (Å²) in [6.07, 6.45) is 9.32. The molecule has 0 N–H and O–H groups in total. The predicted molar refractivity (Wildman–Crippen MR) is 70.4 cm³/mol. The Kier molecular flexibility index (Phi) is 15.4. The van der Waals surface area contributed by atoms with Gasteiger partial charge in [-0.25, -0.2) is 0 Å². The SMILES string of the molecule is CCCCCCCCCOCCOCCCl. The van der Waals surface area contributed by atoms with Crippen molar-refractivity contribution in [2.45, 2.75) is 51.9 Å². The third-order valence-electron chi connectivity index (χ3n) is 2.49. The maximum atomic E-state index is 5.47. The summed E-state index contributed by atoms with van der Waals surface area (Å²) in [6, 6.07) is 0. The number of hydrogen-bond acceptors (Lipinski definition) is 2. The van der Waals surface area contributed by atoms with Gasteiger partial charge in [0, 0.05) is 12.5 Å². The molecule has 0 aromatic rings. The van der Waals surface area contributed by atoms with E-state index in [2.05, 4.69) is 6.92 Å². The molecule has 0 bridgehead atoms. The van der Waals surface area contributed by atoms with Crippen molar-refractivity contribution < 1.29 is 9.47 Å². The number of rotatable bonds is 13. The fourth-order valence-electron chi connectivity index (χ4n) is 1.54. The van der Waals surface area contributed by atoms with Crippen LogP contribution in [-0.4, -0.2) is 32.3 Å². The van der Waals surface area contributed by atoms with Crippen LogP contribution in [0, 0.1) is 0 Å². The number of hydrogen-bond donors (Lipinski definition) is 0. The average Bonchev–Trinajstić information content (AvgIpc) is 2.31. The van der Waals surface area contributed by atoms with E-state index >= 15 is 0 Å². The number of ether oxygens (including phenoxy) is 2. The summed E-state index contributed by atoms with van der Waals surface area (Å²) in [6.45, 7) is 5.12. The molecule has 0 aromatic heterocycles. The molecular weight excluding hydrogens is 224 g/mol. The number of alkyl halides is 1. The molecule has 0 fully saturated rings. The quantitative estimate of drug-likeness (QED) is 0.363. The predicted octanol–water partition coefficient (Wildman–Crippen LogP) is 4.01. The largest absolute Gasteiger partial charge is 0.379 e. The van der Waals surface area contributed by atoms with Crippen molar-refractivity contribution in [1.82, 2.24) is 0 Å². The van der Waals surface area contributed by atoms with Crippen molar-refractivity contribution >= 4 is 11.6 Å². The summed E-state index contributed by atoms with van der Waals surface area (Å²) < 4.78 is 10.6. The van der Waals surface area contributed by atoms with E-state index in [4.69, 9.17) is 21.1 Å². The topological polar surface area (TPSA) is 18.5 Å². The van der Waals surface area contributed by atoms with E-state index < -0.39 is 0 Å². The molecule has 0 atom stereocenters. The summed E-state index contributed by atoms with van der Waals surface area (Å²) in [7, 11) is 0. The van der Waals surface area contributed by atoms with Gasteiger partial charge >= 0.3 is 0 Å². The van der Waals surface area contributed by atoms with Gasteiger partial charge in [-0.05, 0) is 6.42 Å². The molecule has 0 saturated heterocycles. The first-order valence-electron chi connectivity index (χ1n) is 6.63. The third kappa shape index (κ3) is 14.2. The molecule has 0 radical (unpaired) electrons. The Morgan fingerprint density at radius 2 is 1.25 bits per heavy atom. The maximum absolute atomic E-state index is 5.47. The summed E-state index contributed by atoms with van der Waals surface area (Å²) in [5.74, 6) is 0.567. The van der Waals surface area contributed by atoms with Crippen molar-refractivity contribution in [3.8, 4) is 0 Å². The molecule has 0 amide bonds. The Morgan fingerprint density at radius 3 is 1.88 bits per heavy atom. The standard InChI is InChI=1S/C13H27ClO2/c1-2-3-4-5-6-7-8-10-15-12-13-16-11-9-14/h2-13H2,1H3. The normalized spacial score (nSPS) is 10.9. The summed E-state index contributed by atoms with van der Waals surface area (Å²) in [4.78, 5) is 0. The Hall–Kier alpha value is 0.210. The van der Waals surface area contributed by atoms with E-state index in [1.807, 2.05) is 0 Å². The van der Waals surface area contributed by atoms with E-state index in [0.717, 1.165) is 6.61 Å². The lowest BCUT2D eigenvalue weighted by Crippen LogP contribution is -2.06. The highest BCUT2D eigenvalue weighted by Crippen LogP contribution is 2.06. The fourth-order valence-corrected chi connectivity index (χ4v) is 1.65. The molecule has 3 heteroatoms. The van der Waals surface area contributed by atoms with E-state index in [9.17, 15) is 0 Å². The molecule has 16 heavy (non-hydrogen) atoms. The van der Waals surface area contributed by atoms with Gasteiger partial charge in [-0.3, -0.25) is 0 Å². The van der Waals surface area contributed by atoms with Crippen LogP contribution in [0.3, 0.4) is 0 Å². The van der Waals surface area contributed by atoms with Crippen LogP contribution in [-0.2, 0) is 9.47 Å². The molecule has 0 heterocycles. The maximum Gasteiger partial charge on any atom is 0.0701 e. The number of unbranched alkanes of at least 4 members (excludes halogenated alkanes) is 6. The van der Waals surface area contributed by atoms with Crippen LogP contribution in [0.1, 0.15) is 51.9 Å². The van der Waals surface area contributed by atoms with Gasteiger partial charge in [-0.1, -0.05) is 45.4 Å². The van der Waals surface area contributed by atoms with E-state index in [1.54, 1.807) is 0 Å². The molecule has 0 aliphatic heterocycles. The molecule has 0 aliphatic rings. The molecular formula is C13H27ClO2. The monoisotopic (exact) mass is 250 g/mol. The zero-order valence-electron chi connectivity index (χ0n) is 10.7. The molecule has 0 aromatic carbocycles. The minimum absolute atomic E-state index is 0.567. The molecule has 0 spiro atoms. The van der Waals surface area contributed by atoms with Crippen LogP contribution in [0.25, 0.3) is 0 Å². The van der Waals surface area contributed by atoms with Crippen LogP contribution < -0.4 is 0 Å². The van der Waals surface area contributed by atoms with Gasteiger partial charge in [0.05, 0.1) is 19.8 Å². The molecule has 0 rings (SSSR count). The van der Waals surface area contributed by atoms with E-state index in [0.29, 0.717) is 25.7 Å². The van der Waals surface area contributed by atoms with Crippen LogP contribution in [0.2, 0.25) is 0 Å². The average molecular weight is 251 g/mol. The van der Waals surface area contributed by atoms with Gasteiger partial charge in [0.25, 0.3) is 0 Å². The van der Waals surface area contributed by atoms with Gasteiger partial charge in [0.2, 0.25) is 0 Å². The van der Waals surface area contributed by atoms with Crippen molar-refractivity contribution in [3.63, 3.8) is 0 Å². The highest BCUT2D eigenvalue weighted by atomic mass is 35.5. The molecule has 2 nitrogen and oxygen atoms in total. The van der Waals surface area contributed by atoms with Crippen LogP contribution >= 0.6 is 11.6 Å². The summed E-state index contributed by atoms with van der Waals surface area (Å²) in [5.41, 5.74) is 0. The van der Waals surface area contributed by atoms with Crippen LogP contribution in [0.15, 0.2) is 0 Å². The minimum Gasteiger partial charge on any atom is -0.379 e. The number of halogens is 1. The molecule has 0 unspecified atom stereocenters.